The van der Waals surface area contributed by atoms with Gasteiger partial charge in [-0.05, 0) is 19.0 Å². The minimum absolute atomic E-state index is 0.306. The van der Waals surface area contributed by atoms with E-state index in [0.29, 0.717) is 12.9 Å². The average Bonchev–Trinajstić information content (AvgIpc) is 2.82. The molecule has 0 N–H and O–H groups in total. The molecule has 0 spiro atoms. The van der Waals surface area contributed by atoms with Crippen molar-refractivity contribution < 1.29 is 13.9 Å². The number of rotatable bonds is 5. The topological polar surface area (TPSA) is 34.8 Å². The maximum Gasteiger partial charge on any atom is 0.147 e. The second-order valence-corrected chi connectivity index (χ2v) is 4.06. The molecule has 2 rings (SSSR count). The first kappa shape index (κ1) is 11.6. The number of hydrogen-bond acceptors (Lipinski definition) is 4. The molecule has 1 saturated heterocycles. The third kappa shape index (κ3) is 3.33. The molecule has 0 amide bonds. The largest absolute Gasteiger partial charge is 0.472 e. The lowest BCUT2D eigenvalue weighted by atomic mass is 10.2. The van der Waals surface area contributed by atoms with Crippen molar-refractivity contribution in [3.05, 3.63) is 24.2 Å². The van der Waals surface area contributed by atoms with Crippen LogP contribution < -0.4 is 0 Å². The van der Waals surface area contributed by atoms with Crippen molar-refractivity contribution in [2.45, 2.75) is 26.0 Å². The molecule has 0 aromatic carbocycles. The highest BCUT2D eigenvalue weighted by molar-refractivity contribution is 5.04. The molecular weight excluding hydrogens is 206 g/mol. The number of nitrogens with zero attached hydrogens (tertiary/aromatic N) is 1. The summed E-state index contributed by atoms with van der Waals surface area (Å²) in [5, 5.41) is 0. The van der Waals surface area contributed by atoms with Crippen LogP contribution in [0.4, 0.5) is 0 Å². The van der Waals surface area contributed by atoms with Crippen LogP contribution in [0.15, 0.2) is 23.0 Å². The van der Waals surface area contributed by atoms with Crippen molar-refractivity contribution in [3.8, 4) is 0 Å². The highest BCUT2D eigenvalue weighted by Crippen LogP contribution is 2.11. The van der Waals surface area contributed by atoms with E-state index in [1.807, 2.05) is 6.07 Å². The molecular formula is C12H19NO3. The van der Waals surface area contributed by atoms with Gasteiger partial charge in [0.15, 0.2) is 0 Å². The Kier molecular flexibility index (Phi) is 4.39. The molecule has 0 bridgehead atoms. The second kappa shape index (κ2) is 6.03. The fourth-order valence-electron chi connectivity index (χ4n) is 1.88. The summed E-state index contributed by atoms with van der Waals surface area (Å²) in [5.41, 5.74) is 1.22. The first-order chi connectivity index (χ1) is 7.88. The van der Waals surface area contributed by atoms with Crippen LogP contribution in [0.1, 0.15) is 18.9 Å². The van der Waals surface area contributed by atoms with Crippen molar-refractivity contribution in [1.82, 2.24) is 4.90 Å². The number of furan rings is 1. The Balaban J connectivity index is 1.80. The molecule has 0 aliphatic carbocycles. The minimum Gasteiger partial charge on any atom is -0.472 e. The number of likely N-dealkylation sites (N-methyl/N-ethyl adjacent to an activating group) is 1. The van der Waals surface area contributed by atoms with Gasteiger partial charge in [-0.2, -0.15) is 0 Å². The van der Waals surface area contributed by atoms with E-state index in [1.165, 1.54) is 5.56 Å². The maximum absolute atomic E-state index is 5.54. The molecule has 1 aromatic rings. The monoisotopic (exact) mass is 225 g/mol. The van der Waals surface area contributed by atoms with Gasteiger partial charge in [-0.25, -0.2) is 0 Å². The summed E-state index contributed by atoms with van der Waals surface area (Å²) in [6.07, 6.45) is 4.81. The third-order valence-electron chi connectivity index (χ3n) is 2.87. The Morgan fingerprint density at radius 2 is 2.44 bits per heavy atom. The molecule has 0 radical (unpaired) electrons. The highest BCUT2D eigenvalue weighted by atomic mass is 16.7. The highest BCUT2D eigenvalue weighted by Gasteiger charge is 2.17. The van der Waals surface area contributed by atoms with E-state index in [9.17, 15) is 0 Å². The standard InChI is InChI=1S/C12H19NO3/c1-2-13(7-11-3-5-14-9-11)8-12-4-6-15-10-16-12/h3,5,9,12H,2,4,6-8,10H2,1H3. The Morgan fingerprint density at radius 1 is 1.50 bits per heavy atom. The van der Waals surface area contributed by atoms with Gasteiger partial charge in [-0.3, -0.25) is 4.90 Å². The van der Waals surface area contributed by atoms with Gasteiger partial charge < -0.3 is 13.9 Å². The molecule has 0 saturated carbocycles. The van der Waals surface area contributed by atoms with Gasteiger partial charge >= 0.3 is 0 Å². The van der Waals surface area contributed by atoms with Crippen LogP contribution in [0.3, 0.4) is 0 Å². The molecule has 1 aromatic heterocycles. The summed E-state index contributed by atoms with van der Waals surface area (Å²) in [6.45, 7) is 6.33. The zero-order valence-corrected chi connectivity index (χ0v) is 9.72. The van der Waals surface area contributed by atoms with Gasteiger partial charge in [0.25, 0.3) is 0 Å². The zero-order chi connectivity index (χ0) is 11.2. The van der Waals surface area contributed by atoms with Crippen LogP contribution in [0.5, 0.6) is 0 Å². The molecule has 90 valence electrons. The molecule has 4 heteroatoms. The second-order valence-electron chi connectivity index (χ2n) is 4.06. The summed E-state index contributed by atoms with van der Waals surface area (Å²) >= 11 is 0. The Morgan fingerprint density at radius 3 is 3.06 bits per heavy atom. The van der Waals surface area contributed by atoms with Gasteiger partial charge in [0, 0.05) is 18.7 Å². The quantitative estimate of drug-likeness (QED) is 0.766. The fraction of sp³-hybridized carbons (Fsp3) is 0.667. The smallest absolute Gasteiger partial charge is 0.147 e. The van der Waals surface area contributed by atoms with Gasteiger partial charge in [-0.15, -0.1) is 0 Å². The van der Waals surface area contributed by atoms with Crippen LogP contribution in [0.2, 0.25) is 0 Å². The first-order valence-corrected chi connectivity index (χ1v) is 5.81. The summed E-state index contributed by atoms with van der Waals surface area (Å²) in [6, 6.07) is 2.01. The van der Waals surface area contributed by atoms with Crippen LogP contribution in [-0.2, 0) is 16.0 Å². The normalized spacial score (nSPS) is 21.5. The average molecular weight is 225 g/mol. The molecule has 2 heterocycles. The van der Waals surface area contributed by atoms with Crippen molar-refractivity contribution >= 4 is 0 Å². The summed E-state index contributed by atoms with van der Waals surface area (Å²) in [7, 11) is 0. The van der Waals surface area contributed by atoms with Gasteiger partial charge in [0.1, 0.15) is 6.79 Å². The predicted octanol–water partition coefficient (Wildman–Crippen LogP) is 1.86. The SMILES string of the molecule is CCN(Cc1ccoc1)CC1CCOCO1. The van der Waals surface area contributed by atoms with Crippen molar-refractivity contribution in [2.75, 3.05) is 26.5 Å². The lowest BCUT2D eigenvalue weighted by Crippen LogP contribution is -2.36. The Hall–Kier alpha value is -0.840. The van der Waals surface area contributed by atoms with E-state index in [0.717, 1.165) is 32.7 Å². The van der Waals surface area contributed by atoms with Gasteiger partial charge in [0.05, 0.1) is 25.2 Å². The molecule has 1 fully saturated rings. The predicted molar refractivity (Wildman–Crippen MR) is 60.0 cm³/mol. The lowest BCUT2D eigenvalue weighted by Gasteiger charge is -2.28. The number of ether oxygens (including phenoxy) is 2. The molecule has 4 nitrogen and oxygen atoms in total. The lowest BCUT2D eigenvalue weighted by molar-refractivity contribution is -0.144. The zero-order valence-electron chi connectivity index (χ0n) is 9.72. The molecule has 1 aliphatic heterocycles. The Labute approximate surface area is 96.1 Å². The van der Waals surface area contributed by atoms with E-state index >= 15 is 0 Å². The van der Waals surface area contributed by atoms with Crippen LogP contribution >= 0.6 is 0 Å². The minimum atomic E-state index is 0.306. The van der Waals surface area contributed by atoms with Crippen molar-refractivity contribution in [1.29, 1.82) is 0 Å². The van der Waals surface area contributed by atoms with E-state index in [-0.39, 0.29) is 0 Å². The van der Waals surface area contributed by atoms with Crippen LogP contribution in [0.25, 0.3) is 0 Å². The first-order valence-electron chi connectivity index (χ1n) is 5.81. The Bertz CT molecular complexity index is 280. The van der Waals surface area contributed by atoms with Crippen molar-refractivity contribution in [2.24, 2.45) is 0 Å². The fourth-order valence-corrected chi connectivity index (χ4v) is 1.88. The van der Waals surface area contributed by atoms with E-state index in [1.54, 1.807) is 12.5 Å². The summed E-state index contributed by atoms with van der Waals surface area (Å²) < 4.78 is 15.8. The van der Waals surface area contributed by atoms with Crippen molar-refractivity contribution in [3.63, 3.8) is 0 Å². The molecule has 16 heavy (non-hydrogen) atoms. The maximum atomic E-state index is 5.54. The number of hydrogen-bond donors (Lipinski definition) is 0. The van der Waals surface area contributed by atoms with Crippen LogP contribution in [-0.4, -0.2) is 37.5 Å². The molecule has 1 atom stereocenters. The molecule has 1 aliphatic rings. The molecule has 1 unspecified atom stereocenters. The van der Waals surface area contributed by atoms with E-state index < -0.39 is 0 Å². The van der Waals surface area contributed by atoms with E-state index in [2.05, 4.69) is 11.8 Å². The van der Waals surface area contributed by atoms with Gasteiger partial charge in [0.2, 0.25) is 0 Å². The van der Waals surface area contributed by atoms with E-state index in [4.69, 9.17) is 13.9 Å². The van der Waals surface area contributed by atoms with Gasteiger partial charge in [-0.1, -0.05) is 6.92 Å². The summed E-state index contributed by atoms with van der Waals surface area (Å²) in [5.74, 6) is 0. The van der Waals surface area contributed by atoms with Crippen LogP contribution in [0, 0.1) is 0 Å². The summed E-state index contributed by atoms with van der Waals surface area (Å²) in [4.78, 5) is 2.36. The third-order valence-corrected chi connectivity index (χ3v) is 2.87.